The van der Waals surface area contributed by atoms with Crippen LogP contribution in [-0.2, 0) is 4.79 Å². The minimum atomic E-state index is 0.234. The molecule has 112 valence electrons. The molecule has 1 saturated carbocycles. The van der Waals surface area contributed by atoms with Gasteiger partial charge in [-0.3, -0.25) is 4.79 Å². The molecule has 1 rings (SSSR count). The first-order valence-corrected chi connectivity index (χ1v) is 8.14. The largest absolute Gasteiger partial charge is 0.356 e. The summed E-state index contributed by atoms with van der Waals surface area (Å²) >= 11 is 0. The Bertz CT molecular complexity index is 249. The summed E-state index contributed by atoms with van der Waals surface area (Å²) in [5.74, 6) is 2.35. The highest BCUT2D eigenvalue weighted by Gasteiger charge is 2.23. The molecule has 0 spiro atoms. The van der Waals surface area contributed by atoms with Crippen LogP contribution < -0.4 is 11.1 Å². The Labute approximate surface area is 118 Å². The lowest BCUT2D eigenvalue weighted by Gasteiger charge is -2.17. The van der Waals surface area contributed by atoms with Gasteiger partial charge in [-0.05, 0) is 43.6 Å². The molecule has 3 unspecified atom stereocenters. The van der Waals surface area contributed by atoms with Gasteiger partial charge >= 0.3 is 0 Å². The van der Waals surface area contributed by atoms with Gasteiger partial charge in [0, 0.05) is 13.0 Å². The van der Waals surface area contributed by atoms with E-state index in [0.29, 0.717) is 18.3 Å². The molecule has 1 aliphatic carbocycles. The molecule has 3 N–H and O–H groups in total. The third-order valence-corrected chi connectivity index (χ3v) is 4.65. The van der Waals surface area contributed by atoms with Crippen molar-refractivity contribution in [1.29, 1.82) is 0 Å². The first kappa shape index (κ1) is 16.5. The van der Waals surface area contributed by atoms with Crippen LogP contribution in [-0.4, -0.2) is 19.0 Å². The van der Waals surface area contributed by atoms with E-state index in [1.54, 1.807) is 0 Å². The highest BCUT2D eigenvalue weighted by Crippen LogP contribution is 2.30. The van der Waals surface area contributed by atoms with Crippen molar-refractivity contribution in [3.05, 3.63) is 0 Å². The molecule has 0 radical (unpaired) electrons. The summed E-state index contributed by atoms with van der Waals surface area (Å²) in [7, 11) is 0. The number of hydrogen-bond acceptors (Lipinski definition) is 2. The quantitative estimate of drug-likeness (QED) is 0.675. The lowest BCUT2D eigenvalue weighted by atomic mass is 9.94. The predicted molar refractivity (Wildman–Crippen MR) is 80.8 cm³/mol. The fourth-order valence-corrected chi connectivity index (χ4v) is 3.27. The van der Waals surface area contributed by atoms with Crippen LogP contribution in [0.1, 0.15) is 65.2 Å². The van der Waals surface area contributed by atoms with E-state index in [0.717, 1.165) is 31.8 Å². The number of nitrogens with two attached hydrogens (primary N) is 1. The molecule has 0 aromatic rings. The van der Waals surface area contributed by atoms with Gasteiger partial charge in [0.25, 0.3) is 0 Å². The molecule has 0 aromatic heterocycles. The standard InChI is InChI=1S/C16H32N2O/c1-3-5-14(10-11-17)8-9-16(19)18-12-15-7-4-6-13(15)2/h13-15H,3-12,17H2,1-2H3,(H,18,19). The van der Waals surface area contributed by atoms with Crippen molar-refractivity contribution in [1.82, 2.24) is 5.32 Å². The number of rotatable bonds is 9. The third-order valence-electron chi connectivity index (χ3n) is 4.65. The van der Waals surface area contributed by atoms with E-state index in [1.165, 1.54) is 32.1 Å². The van der Waals surface area contributed by atoms with Crippen LogP contribution in [0.4, 0.5) is 0 Å². The van der Waals surface area contributed by atoms with Gasteiger partial charge in [0.05, 0.1) is 0 Å². The van der Waals surface area contributed by atoms with Gasteiger partial charge in [-0.15, -0.1) is 0 Å². The van der Waals surface area contributed by atoms with E-state index in [1.807, 2.05) is 0 Å². The van der Waals surface area contributed by atoms with E-state index in [2.05, 4.69) is 19.2 Å². The molecule has 1 amide bonds. The second-order valence-electron chi connectivity index (χ2n) is 6.24. The van der Waals surface area contributed by atoms with Gasteiger partial charge in [0.2, 0.25) is 5.91 Å². The Morgan fingerprint density at radius 3 is 2.68 bits per heavy atom. The van der Waals surface area contributed by atoms with Crippen molar-refractivity contribution in [2.24, 2.45) is 23.5 Å². The van der Waals surface area contributed by atoms with Crippen molar-refractivity contribution in [3.8, 4) is 0 Å². The summed E-state index contributed by atoms with van der Waals surface area (Å²) in [6.45, 7) is 6.13. The number of carbonyl (C=O) groups excluding carboxylic acids is 1. The highest BCUT2D eigenvalue weighted by atomic mass is 16.1. The molecule has 0 bridgehead atoms. The fraction of sp³-hybridized carbons (Fsp3) is 0.938. The lowest BCUT2D eigenvalue weighted by molar-refractivity contribution is -0.121. The van der Waals surface area contributed by atoms with Crippen LogP contribution >= 0.6 is 0 Å². The minimum Gasteiger partial charge on any atom is -0.356 e. The lowest BCUT2D eigenvalue weighted by Crippen LogP contribution is -2.30. The molecule has 1 fully saturated rings. The van der Waals surface area contributed by atoms with Gasteiger partial charge in [-0.25, -0.2) is 0 Å². The van der Waals surface area contributed by atoms with Crippen LogP contribution in [0.25, 0.3) is 0 Å². The molecular weight excluding hydrogens is 236 g/mol. The maximum Gasteiger partial charge on any atom is 0.220 e. The molecule has 0 aliphatic heterocycles. The molecule has 3 atom stereocenters. The summed E-state index contributed by atoms with van der Waals surface area (Å²) in [5, 5.41) is 3.12. The van der Waals surface area contributed by atoms with Gasteiger partial charge in [-0.1, -0.05) is 39.5 Å². The van der Waals surface area contributed by atoms with Gasteiger partial charge < -0.3 is 11.1 Å². The number of carbonyl (C=O) groups is 1. The van der Waals surface area contributed by atoms with Crippen molar-refractivity contribution >= 4 is 5.91 Å². The second kappa shape index (κ2) is 9.35. The summed E-state index contributed by atoms with van der Waals surface area (Å²) < 4.78 is 0. The monoisotopic (exact) mass is 268 g/mol. The summed E-state index contributed by atoms with van der Waals surface area (Å²) in [5.41, 5.74) is 5.62. The zero-order chi connectivity index (χ0) is 14.1. The van der Waals surface area contributed by atoms with Gasteiger partial charge in [-0.2, -0.15) is 0 Å². The van der Waals surface area contributed by atoms with E-state index >= 15 is 0 Å². The highest BCUT2D eigenvalue weighted by molar-refractivity contribution is 5.75. The predicted octanol–water partition coefficient (Wildman–Crippen LogP) is 3.08. The molecule has 3 nitrogen and oxygen atoms in total. The van der Waals surface area contributed by atoms with E-state index in [4.69, 9.17) is 5.73 Å². The van der Waals surface area contributed by atoms with Crippen LogP contribution in [0, 0.1) is 17.8 Å². The maximum atomic E-state index is 11.9. The molecule has 19 heavy (non-hydrogen) atoms. The normalized spacial score (nSPS) is 24.4. The van der Waals surface area contributed by atoms with Crippen molar-refractivity contribution in [3.63, 3.8) is 0 Å². The summed E-state index contributed by atoms with van der Waals surface area (Å²) in [4.78, 5) is 11.9. The van der Waals surface area contributed by atoms with Crippen LogP contribution in [0.2, 0.25) is 0 Å². The molecule has 3 heteroatoms. The molecule has 1 aliphatic rings. The number of nitrogens with one attached hydrogen (secondary N) is 1. The number of hydrogen-bond donors (Lipinski definition) is 2. The van der Waals surface area contributed by atoms with E-state index in [9.17, 15) is 4.79 Å². The van der Waals surface area contributed by atoms with Crippen molar-refractivity contribution < 1.29 is 4.79 Å². The summed E-state index contributed by atoms with van der Waals surface area (Å²) in [6.07, 6.45) is 9.05. The molecule has 0 saturated heterocycles. The summed E-state index contributed by atoms with van der Waals surface area (Å²) in [6, 6.07) is 0. The average Bonchev–Trinajstić information content (AvgIpc) is 2.79. The smallest absolute Gasteiger partial charge is 0.220 e. The van der Waals surface area contributed by atoms with Crippen molar-refractivity contribution in [2.45, 2.75) is 65.2 Å². The first-order chi connectivity index (χ1) is 9.17. The topological polar surface area (TPSA) is 55.1 Å². The Hall–Kier alpha value is -0.570. The van der Waals surface area contributed by atoms with Gasteiger partial charge in [0.1, 0.15) is 0 Å². The first-order valence-electron chi connectivity index (χ1n) is 8.14. The third kappa shape index (κ3) is 6.42. The zero-order valence-electron chi connectivity index (χ0n) is 12.8. The minimum absolute atomic E-state index is 0.234. The Morgan fingerprint density at radius 2 is 2.11 bits per heavy atom. The SMILES string of the molecule is CCCC(CCN)CCC(=O)NCC1CCCC1C. The molecule has 0 heterocycles. The molecule has 0 aromatic carbocycles. The molecular formula is C16H32N2O. The van der Waals surface area contributed by atoms with E-state index in [-0.39, 0.29) is 5.91 Å². The van der Waals surface area contributed by atoms with Crippen molar-refractivity contribution in [2.75, 3.05) is 13.1 Å². The zero-order valence-corrected chi connectivity index (χ0v) is 12.8. The van der Waals surface area contributed by atoms with E-state index < -0.39 is 0 Å². The second-order valence-corrected chi connectivity index (χ2v) is 6.24. The Balaban J connectivity index is 2.15. The number of amides is 1. The maximum absolute atomic E-state index is 11.9. The van der Waals surface area contributed by atoms with Crippen LogP contribution in [0.15, 0.2) is 0 Å². The average molecular weight is 268 g/mol. The Kier molecular flexibility index (Phi) is 8.11. The fourth-order valence-electron chi connectivity index (χ4n) is 3.27. The van der Waals surface area contributed by atoms with Gasteiger partial charge in [0.15, 0.2) is 0 Å². The van der Waals surface area contributed by atoms with Crippen LogP contribution in [0.5, 0.6) is 0 Å². The van der Waals surface area contributed by atoms with Crippen LogP contribution in [0.3, 0.4) is 0 Å². The Morgan fingerprint density at radius 1 is 1.32 bits per heavy atom.